The molecule has 20 heavy (non-hydrogen) atoms. The average Bonchev–Trinajstić information content (AvgIpc) is 2.46. The Hall–Kier alpha value is -1.42. The van der Waals surface area contributed by atoms with Crippen LogP contribution >= 0.6 is 0 Å². The largest absolute Gasteiger partial charge is 0.317 e. The number of nitrogens with one attached hydrogen (secondary N) is 2. The molecule has 2 rings (SSSR count). The molecule has 1 aliphatic rings. The molecule has 2 N–H and O–H groups in total. The number of benzene rings is 1. The zero-order chi connectivity index (χ0) is 14.6. The van der Waals surface area contributed by atoms with E-state index in [2.05, 4.69) is 17.0 Å². The Bertz CT molecular complexity index is 614. The van der Waals surface area contributed by atoms with Crippen LogP contribution in [-0.2, 0) is 10.0 Å². The molecule has 1 aromatic carbocycles. The first kappa shape index (κ1) is 15.0. The van der Waals surface area contributed by atoms with Gasteiger partial charge in [0.05, 0.1) is 10.5 Å². The summed E-state index contributed by atoms with van der Waals surface area (Å²) in [5, 5.41) is 12.3. The van der Waals surface area contributed by atoms with Crippen molar-refractivity contribution in [1.82, 2.24) is 10.0 Å². The van der Waals surface area contributed by atoms with Gasteiger partial charge in [0.15, 0.2) is 0 Å². The maximum absolute atomic E-state index is 12.3. The fraction of sp³-hybridized carbons (Fsp3) is 0.500. The third-order valence-corrected chi connectivity index (χ3v) is 5.26. The highest BCUT2D eigenvalue weighted by molar-refractivity contribution is 7.89. The monoisotopic (exact) mass is 293 g/mol. The van der Waals surface area contributed by atoms with Gasteiger partial charge < -0.3 is 5.32 Å². The van der Waals surface area contributed by atoms with Gasteiger partial charge in [0.2, 0.25) is 10.0 Å². The first-order valence-electron chi connectivity index (χ1n) is 6.66. The lowest BCUT2D eigenvalue weighted by Gasteiger charge is -2.34. The molecule has 0 atom stereocenters. The van der Waals surface area contributed by atoms with E-state index in [9.17, 15) is 8.42 Å². The van der Waals surface area contributed by atoms with Gasteiger partial charge in [-0.1, -0.05) is 19.1 Å². The molecule has 0 bridgehead atoms. The van der Waals surface area contributed by atoms with Crippen molar-refractivity contribution in [1.29, 1.82) is 5.26 Å². The van der Waals surface area contributed by atoms with Crippen LogP contribution in [0.5, 0.6) is 0 Å². The SMILES string of the molecule is CC1(CNS(=O)(=O)c2ccccc2C#N)CCNCC1. The van der Waals surface area contributed by atoms with Crippen molar-refractivity contribution in [2.45, 2.75) is 24.7 Å². The van der Waals surface area contributed by atoms with E-state index in [0.717, 1.165) is 25.9 Å². The van der Waals surface area contributed by atoms with Gasteiger partial charge in [-0.25, -0.2) is 13.1 Å². The topological polar surface area (TPSA) is 82.0 Å². The van der Waals surface area contributed by atoms with Crippen molar-refractivity contribution >= 4 is 10.0 Å². The van der Waals surface area contributed by atoms with Crippen LogP contribution in [0.15, 0.2) is 29.2 Å². The van der Waals surface area contributed by atoms with Crippen LogP contribution in [0.3, 0.4) is 0 Å². The molecular weight excluding hydrogens is 274 g/mol. The van der Waals surface area contributed by atoms with Crippen LogP contribution in [-0.4, -0.2) is 28.1 Å². The highest BCUT2D eigenvalue weighted by Gasteiger charge is 2.29. The maximum atomic E-state index is 12.3. The van der Waals surface area contributed by atoms with Crippen LogP contribution in [0.2, 0.25) is 0 Å². The average molecular weight is 293 g/mol. The zero-order valence-electron chi connectivity index (χ0n) is 11.5. The Morgan fingerprint density at radius 3 is 2.65 bits per heavy atom. The second-order valence-electron chi connectivity index (χ2n) is 5.49. The molecule has 1 fully saturated rings. The van der Waals surface area contributed by atoms with Gasteiger partial charge in [0, 0.05) is 6.54 Å². The second kappa shape index (κ2) is 5.92. The summed E-state index contributed by atoms with van der Waals surface area (Å²) >= 11 is 0. The van der Waals surface area contributed by atoms with E-state index in [0.29, 0.717) is 6.54 Å². The second-order valence-corrected chi connectivity index (χ2v) is 7.23. The Morgan fingerprint density at radius 2 is 2.00 bits per heavy atom. The molecular formula is C14H19N3O2S. The first-order chi connectivity index (χ1) is 9.47. The lowest BCUT2D eigenvalue weighted by Crippen LogP contribution is -2.42. The highest BCUT2D eigenvalue weighted by Crippen LogP contribution is 2.27. The number of piperidine rings is 1. The van der Waals surface area contributed by atoms with Crippen LogP contribution < -0.4 is 10.0 Å². The van der Waals surface area contributed by atoms with Crippen LogP contribution in [0, 0.1) is 16.7 Å². The van der Waals surface area contributed by atoms with Gasteiger partial charge in [0.25, 0.3) is 0 Å². The van der Waals surface area contributed by atoms with Crippen LogP contribution in [0.25, 0.3) is 0 Å². The Kier molecular flexibility index (Phi) is 4.43. The summed E-state index contributed by atoms with van der Waals surface area (Å²) in [7, 11) is -3.63. The predicted octanol–water partition coefficient (Wildman–Crippen LogP) is 1.23. The van der Waals surface area contributed by atoms with Crippen molar-refractivity contribution < 1.29 is 8.42 Å². The minimum Gasteiger partial charge on any atom is -0.317 e. The Morgan fingerprint density at radius 1 is 1.35 bits per heavy atom. The summed E-state index contributed by atoms with van der Waals surface area (Å²) in [6.07, 6.45) is 1.88. The first-order valence-corrected chi connectivity index (χ1v) is 8.15. The number of nitriles is 1. The van der Waals surface area contributed by atoms with Gasteiger partial charge >= 0.3 is 0 Å². The third-order valence-electron chi connectivity index (χ3n) is 3.80. The number of rotatable bonds is 4. The van der Waals surface area contributed by atoms with Crippen molar-refractivity contribution in [3.05, 3.63) is 29.8 Å². The van der Waals surface area contributed by atoms with Gasteiger partial charge in [-0.2, -0.15) is 5.26 Å². The number of hydrogen-bond donors (Lipinski definition) is 2. The molecule has 1 aliphatic heterocycles. The molecule has 0 radical (unpaired) electrons. The molecule has 108 valence electrons. The van der Waals surface area contributed by atoms with Crippen LogP contribution in [0.1, 0.15) is 25.3 Å². The molecule has 0 amide bonds. The van der Waals surface area contributed by atoms with Gasteiger partial charge in [-0.3, -0.25) is 0 Å². The summed E-state index contributed by atoms with van der Waals surface area (Å²) in [4.78, 5) is 0.0556. The molecule has 5 nitrogen and oxygen atoms in total. The predicted molar refractivity (Wildman–Crippen MR) is 76.6 cm³/mol. The third kappa shape index (κ3) is 3.37. The highest BCUT2D eigenvalue weighted by atomic mass is 32.2. The molecule has 0 unspecified atom stereocenters. The number of sulfonamides is 1. The van der Waals surface area contributed by atoms with E-state index >= 15 is 0 Å². The summed E-state index contributed by atoms with van der Waals surface area (Å²) < 4.78 is 27.3. The standard InChI is InChI=1S/C14H19N3O2S/c1-14(6-8-16-9-7-14)11-17-20(18,19)13-5-3-2-4-12(13)10-15/h2-5,16-17H,6-9,11H2,1H3. The fourth-order valence-electron chi connectivity index (χ4n) is 2.35. The number of hydrogen-bond acceptors (Lipinski definition) is 4. The minimum atomic E-state index is -3.63. The zero-order valence-corrected chi connectivity index (χ0v) is 12.3. The van der Waals surface area contributed by atoms with E-state index < -0.39 is 10.0 Å². The molecule has 1 heterocycles. The van der Waals surface area contributed by atoms with Crippen molar-refractivity contribution in [3.63, 3.8) is 0 Å². The molecule has 0 spiro atoms. The van der Waals surface area contributed by atoms with Gasteiger partial charge in [-0.05, 0) is 43.5 Å². The Balaban J connectivity index is 2.14. The summed E-state index contributed by atoms with van der Waals surface area (Å²) in [6.45, 7) is 4.31. The smallest absolute Gasteiger partial charge is 0.241 e. The molecule has 0 saturated carbocycles. The van der Waals surface area contributed by atoms with E-state index in [1.165, 1.54) is 12.1 Å². The lowest BCUT2D eigenvalue weighted by molar-refractivity contribution is 0.232. The molecule has 1 saturated heterocycles. The summed E-state index contributed by atoms with van der Waals surface area (Å²) in [5.74, 6) is 0. The normalized spacial score (nSPS) is 18.4. The van der Waals surface area contributed by atoms with E-state index in [4.69, 9.17) is 5.26 Å². The van der Waals surface area contributed by atoms with Crippen LogP contribution in [0.4, 0.5) is 0 Å². The molecule has 1 aromatic rings. The van der Waals surface area contributed by atoms with Crippen molar-refractivity contribution in [3.8, 4) is 6.07 Å². The van der Waals surface area contributed by atoms with Crippen molar-refractivity contribution in [2.24, 2.45) is 5.41 Å². The molecule has 0 aliphatic carbocycles. The summed E-state index contributed by atoms with van der Waals surface area (Å²) in [5.41, 5.74) is 0.148. The molecule has 6 heteroatoms. The van der Waals surface area contributed by atoms with E-state index in [1.807, 2.05) is 6.07 Å². The van der Waals surface area contributed by atoms with Gasteiger partial charge in [0.1, 0.15) is 6.07 Å². The molecule has 0 aromatic heterocycles. The quantitative estimate of drug-likeness (QED) is 0.874. The summed E-state index contributed by atoms with van der Waals surface area (Å²) in [6, 6.07) is 8.18. The van der Waals surface area contributed by atoms with Crippen molar-refractivity contribution in [2.75, 3.05) is 19.6 Å². The lowest BCUT2D eigenvalue weighted by atomic mass is 9.81. The Labute approximate surface area is 120 Å². The van der Waals surface area contributed by atoms with Gasteiger partial charge in [-0.15, -0.1) is 0 Å². The van der Waals surface area contributed by atoms with E-state index in [1.54, 1.807) is 12.1 Å². The minimum absolute atomic E-state index is 0.0279. The van der Waals surface area contributed by atoms with E-state index in [-0.39, 0.29) is 15.9 Å². The number of nitrogens with zero attached hydrogens (tertiary/aromatic N) is 1. The fourth-order valence-corrected chi connectivity index (χ4v) is 3.70. The maximum Gasteiger partial charge on any atom is 0.241 e.